The monoisotopic (exact) mass is 210 g/mol. The van der Waals surface area contributed by atoms with E-state index in [9.17, 15) is 4.79 Å². The molecule has 0 saturated carbocycles. The lowest BCUT2D eigenvalue weighted by Gasteiger charge is -2.04. The van der Waals surface area contributed by atoms with Crippen LogP contribution in [0.4, 0.5) is 0 Å². The summed E-state index contributed by atoms with van der Waals surface area (Å²) in [5, 5.41) is 5.81. The highest BCUT2D eigenvalue weighted by Crippen LogP contribution is 1.88. The van der Waals surface area contributed by atoms with Gasteiger partial charge < -0.3 is 15.2 Å². The van der Waals surface area contributed by atoms with Crippen molar-refractivity contribution in [3.63, 3.8) is 0 Å². The third kappa shape index (κ3) is 5.17. The number of carbonyl (C=O) groups is 1. The van der Waals surface area contributed by atoms with Crippen LogP contribution < -0.4 is 10.6 Å². The molecule has 0 aromatic carbocycles. The van der Waals surface area contributed by atoms with Crippen molar-refractivity contribution in [2.24, 2.45) is 0 Å². The predicted octanol–water partition coefficient (Wildman–Crippen LogP) is -0.00110. The lowest BCUT2D eigenvalue weighted by molar-refractivity contribution is -0.120. The van der Waals surface area contributed by atoms with Gasteiger partial charge in [-0.2, -0.15) is 0 Å². The van der Waals surface area contributed by atoms with Gasteiger partial charge in [-0.15, -0.1) is 0 Å². The molecular weight excluding hydrogens is 192 g/mol. The van der Waals surface area contributed by atoms with Gasteiger partial charge in [0.1, 0.15) is 0 Å². The van der Waals surface area contributed by atoms with E-state index in [4.69, 9.17) is 0 Å². The smallest absolute Gasteiger partial charge is 0.221 e. The molecular formula is C10H18N4O. The van der Waals surface area contributed by atoms with Gasteiger partial charge in [-0.05, 0) is 13.0 Å². The van der Waals surface area contributed by atoms with E-state index in [2.05, 4.69) is 15.6 Å². The molecule has 1 amide bonds. The van der Waals surface area contributed by atoms with Crippen molar-refractivity contribution < 1.29 is 4.79 Å². The zero-order valence-electron chi connectivity index (χ0n) is 9.07. The van der Waals surface area contributed by atoms with E-state index in [-0.39, 0.29) is 5.91 Å². The van der Waals surface area contributed by atoms with Crippen molar-refractivity contribution in [2.45, 2.75) is 19.4 Å². The molecule has 0 spiro atoms. The van der Waals surface area contributed by atoms with Crippen LogP contribution in [0.3, 0.4) is 0 Å². The number of aryl methyl sites for hydroxylation is 1. The second kappa shape index (κ2) is 7.00. The maximum absolute atomic E-state index is 10.9. The topological polar surface area (TPSA) is 59.0 Å². The Kier molecular flexibility index (Phi) is 5.47. The van der Waals surface area contributed by atoms with E-state index in [1.165, 1.54) is 0 Å². The summed E-state index contributed by atoms with van der Waals surface area (Å²) in [6.45, 7) is 2.63. The fourth-order valence-corrected chi connectivity index (χ4v) is 1.26. The summed E-state index contributed by atoms with van der Waals surface area (Å²) < 4.78 is 2.04. The molecule has 0 aliphatic carbocycles. The first-order valence-corrected chi connectivity index (χ1v) is 5.20. The SMILES string of the molecule is CNC(=O)CCNCCCn1ccnc1. The highest BCUT2D eigenvalue weighted by atomic mass is 16.1. The lowest BCUT2D eigenvalue weighted by atomic mass is 10.3. The van der Waals surface area contributed by atoms with Crippen LogP contribution >= 0.6 is 0 Å². The van der Waals surface area contributed by atoms with Gasteiger partial charge in [-0.1, -0.05) is 0 Å². The summed E-state index contributed by atoms with van der Waals surface area (Å²) in [5.74, 6) is 0.0807. The molecule has 1 heterocycles. The molecule has 1 aromatic rings. The number of rotatable bonds is 7. The molecule has 2 N–H and O–H groups in total. The maximum atomic E-state index is 10.9. The Morgan fingerprint density at radius 3 is 3.00 bits per heavy atom. The molecule has 5 heteroatoms. The first kappa shape index (κ1) is 11.7. The zero-order valence-corrected chi connectivity index (χ0v) is 9.07. The molecule has 84 valence electrons. The molecule has 0 aliphatic rings. The van der Waals surface area contributed by atoms with E-state index in [0.29, 0.717) is 6.42 Å². The highest BCUT2D eigenvalue weighted by molar-refractivity contribution is 5.75. The molecule has 15 heavy (non-hydrogen) atoms. The van der Waals surface area contributed by atoms with E-state index >= 15 is 0 Å². The Labute approximate surface area is 89.9 Å². The molecule has 0 fully saturated rings. The molecule has 1 aromatic heterocycles. The second-order valence-electron chi connectivity index (χ2n) is 3.33. The molecule has 1 rings (SSSR count). The third-order valence-corrected chi connectivity index (χ3v) is 2.14. The quantitative estimate of drug-likeness (QED) is 0.623. The second-order valence-corrected chi connectivity index (χ2v) is 3.33. The Morgan fingerprint density at radius 1 is 1.47 bits per heavy atom. The van der Waals surface area contributed by atoms with Gasteiger partial charge in [0.05, 0.1) is 6.33 Å². The summed E-state index contributed by atoms with van der Waals surface area (Å²) in [6.07, 6.45) is 7.12. The van der Waals surface area contributed by atoms with Gasteiger partial charge in [-0.3, -0.25) is 4.79 Å². The summed E-state index contributed by atoms with van der Waals surface area (Å²) in [5.41, 5.74) is 0. The van der Waals surface area contributed by atoms with Gasteiger partial charge in [0.15, 0.2) is 0 Å². The Hall–Kier alpha value is -1.36. The Morgan fingerprint density at radius 2 is 2.33 bits per heavy atom. The molecule has 0 radical (unpaired) electrons. The van der Waals surface area contributed by atoms with Crippen LogP contribution in [-0.2, 0) is 11.3 Å². The molecule has 0 aliphatic heterocycles. The maximum Gasteiger partial charge on any atom is 0.221 e. The van der Waals surface area contributed by atoms with Crippen LogP contribution in [-0.4, -0.2) is 35.6 Å². The van der Waals surface area contributed by atoms with Gasteiger partial charge in [0, 0.05) is 39.0 Å². The number of aromatic nitrogens is 2. The number of amides is 1. The average molecular weight is 210 g/mol. The fourth-order valence-electron chi connectivity index (χ4n) is 1.26. The van der Waals surface area contributed by atoms with E-state index in [0.717, 1.165) is 26.1 Å². The lowest BCUT2D eigenvalue weighted by Crippen LogP contribution is -2.25. The van der Waals surface area contributed by atoms with E-state index in [1.807, 2.05) is 17.1 Å². The van der Waals surface area contributed by atoms with Gasteiger partial charge >= 0.3 is 0 Å². The zero-order chi connectivity index (χ0) is 10.9. The van der Waals surface area contributed by atoms with Crippen LogP contribution in [0.1, 0.15) is 12.8 Å². The Balaban J connectivity index is 1.91. The van der Waals surface area contributed by atoms with Crippen molar-refractivity contribution in [2.75, 3.05) is 20.1 Å². The fraction of sp³-hybridized carbons (Fsp3) is 0.600. The van der Waals surface area contributed by atoms with Gasteiger partial charge in [-0.25, -0.2) is 4.98 Å². The van der Waals surface area contributed by atoms with Crippen LogP contribution in [0, 0.1) is 0 Å². The molecule has 0 unspecified atom stereocenters. The molecule has 5 nitrogen and oxygen atoms in total. The van der Waals surface area contributed by atoms with E-state index < -0.39 is 0 Å². The first-order valence-electron chi connectivity index (χ1n) is 5.20. The summed E-state index contributed by atoms with van der Waals surface area (Å²) in [6, 6.07) is 0. The number of hydrogen-bond acceptors (Lipinski definition) is 3. The third-order valence-electron chi connectivity index (χ3n) is 2.14. The van der Waals surface area contributed by atoms with Crippen molar-refractivity contribution >= 4 is 5.91 Å². The van der Waals surface area contributed by atoms with Crippen LogP contribution in [0.5, 0.6) is 0 Å². The van der Waals surface area contributed by atoms with Crippen LogP contribution in [0.15, 0.2) is 18.7 Å². The standard InChI is InChI=1S/C10H18N4O/c1-11-10(15)3-5-12-4-2-7-14-8-6-13-9-14/h6,8-9,12H,2-5,7H2,1H3,(H,11,15). The summed E-state index contributed by atoms with van der Waals surface area (Å²) in [7, 11) is 1.65. The van der Waals surface area contributed by atoms with Crippen LogP contribution in [0.2, 0.25) is 0 Å². The number of carbonyl (C=O) groups excluding carboxylic acids is 1. The van der Waals surface area contributed by atoms with Crippen LogP contribution in [0.25, 0.3) is 0 Å². The van der Waals surface area contributed by atoms with Gasteiger partial charge in [0.25, 0.3) is 0 Å². The number of nitrogens with one attached hydrogen (secondary N) is 2. The number of nitrogens with zero attached hydrogens (tertiary/aromatic N) is 2. The summed E-state index contributed by atoms with van der Waals surface area (Å²) in [4.78, 5) is 14.8. The highest BCUT2D eigenvalue weighted by Gasteiger charge is 1.96. The number of imidazole rings is 1. The van der Waals surface area contributed by atoms with E-state index in [1.54, 1.807) is 13.2 Å². The minimum absolute atomic E-state index is 0.0807. The van der Waals surface area contributed by atoms with Crippen molar-refractivity contribution in [3.05, 3.63) is 18.7 Å². The molecule has 0 bridgehead atoms. The minimum atomic E-state index is 0.0807. The normalized spacial score (nSPS) is 10.2. The van der Waals surface area contributed by atoms with Gasteiger partial charge in [0.2, 0.25) is 5.91 Å². The first-order chi connectivity index (χ1) is 7.33. The summed E-state index contributed by atoms with van der Waals surface area (Å²) >= 11 is 0. The predicted molar refractivity (Wildman–Crippen MR) is 58.4 cm³/mol. The largest absolute Gasteiger partial charge is 0.359 e. The van der Waals surface area contributed by atoms with Crippen molar-refractivity contribution in [1.82, 2.24) is 20.2 Å². The molecule has 0 atom stereocenters. The average Bonchev–Trinajstić information content (AvgIpc) is 2.75. The van der Waals surface area contributed by atoms with Crippen molar-refractivity contribution in [1.29, 1.82) is 0 Å². The number of hydrogen-bond donors (Lipinski definition) is 2. The van der Waals surface area contributed by atoms with Crippen molar-refractivity contribution in [3.8, 4) is 0 Å². The molecule has 0 saturated heterocycles. The Bertz CT molecular complexity index is 271. The minimum Gasteiger partial charge on any atom is -0.359 e.